The van der Waals surface area contributed by atoms with Crippen LogP contribution in [0.3, 0.4) is 0 Å². The number of phosphoric ester groups is 1. The van der Waals surface area contributed by atoms with E-state index in [-0.39, 0.29) is 19.1 Å². The highest BCUT2D eigenvalue weighted by Crippen LogP contribution is 2.38. The maximum absolute atomic E-state index is 12.9. The Kier molecular flexibility index (Phi) is 44.8. The smallest absolute Gasteiger partial charge is 0.268 e. The van der Waals surface area contributed by atoms with Gasteiger partial charge >= 0.3 is 0 Å². The number of unbranched alkanes of at least 4 members (excludes halogenated alkanes) is 35. The van der Waals surface area contributed by atoms with E-state index in [9.17, 15) is 19.4 Å². The molecule has 0 fully saturated rings. The molecule has 0 spiro atoms. The van der Waals surface area contributed by atoms with Gasteiger partial charge < -0.3 is 28.8 Å². The number of nitrogens with zero attached hydrogens (tertiary/aromatic N) is 1. The Balaban J connectivity index is 3.96. The first-order valence-corrected chi connectivity index (χ1v) is 28.5. The quantitative estimate of drug-likeness (QED) is 0.0272. The normalized spacial score (nSPS) is 14.1. The lowest BCUT2D eigenvalue weighted by Crippen LogP contribution is -2.46. The number of nitrogens with one attached hydrogen (secondary N) is 1. The number of hydrogen-bond donors (Lipinski definition) is 2. The van der Waals surface area contributed by atoms with Gasteiger partial charge in [-0.15, -0.1) is 0 Å². The van der Waals surface area contributed by atoms with Gasteiger partial charge in [-0.25, -0.2) is 0 Å². The van der Waals surface area contributed by atoms with Crippen LogP contribution in [-0.4, -0.2) is 68.5 Å². The third kappa shape index (κ3) is 47.2. The van der Waals surface area contributed by atoms with E-state index >= 15 is 0 Å². The number of aliphatic hydroxyl groups excluding tert-OH is 1. The summed E-state index contributed by atoms with van der Waals surface area (Å²) in [5.74, 6) is -0.163. The van der Waals surface area contributed by atoms with Gasteiger partial charge in [0.15, 0.2) is 0 Å². The van der Waals surface area contributed by atoms with Crippen LogP contribution >= 0.6 is 7.82 Å². The maximum atomic E-state index is 12.9. The van der Waals surface area contributed by atoms with Gasteiger partial charge in [-0.1, -0.05) is 238 Å². The van der Waals surface area contributed by atoms with Crippen LogP contribution in [0.4, 0.5) is 0 Å². The van der Waals surface area contributed by atoms with Crippen molar-refractivity contribution >= 4 is 13.7 Å². The standard InChI is InChI=1S/C53H107N2O6P/c1-6-8-10-12-14-16-18-19-20-21-22-23-24-25-26-27-28-29-30-31-32-33-34-35-36-37-39-41-43-45-47-53(57)54-51(50-61-62(58,59)60-49-48-55(3,4)5)52(56)46-44-42-40-38-17-15-13-11-9-7-2/h25-26,51-52,56H,6-24,27-50H2,1-5H3,(H-,54,57,58,59)/b26-25-. The molecule has 0 aromatic rings. The predicted molar refractivity (Wildman–Crippen MR) is 266 cm³/mol. The van der Waals surface area contributed by atoms with Gasteiger partial charge in [-0.05, 0) is 38.5 Å². The van der Waals surface area contributed by atoms with E-state index in [1.165, 1.54) is 205 Å². The van der Waals surface area contributed by atoms with Gasteiger partial charge in [0, 0.05) is 6.42 Å². The van der Waals surface area contributed by atoms with E-state index in [4.69, 9.17) is 9.05 Å². The van der Waals surface area contributed by atoms with Crippen molar-refractivity contribution in [2.24, 2.45) is 0 Å². The van der Waals surface area contributed by atoms with Gasteiger partial charge in [0.2, 0.25) is 5.91 Å². The summed E-state index contributed by atoms with van der Waals surface area (Å²) in [6, 6.07) is -0.795. The molecule has 0 aliphatic heterocycles. The van der Waals surface area contributed by atoms with Crippen LogP contribution in [0.25, 0.3) is 0 Å². The molecule has 9 heteroatoms. The summed E-state index contributed by atoms with van der Waals surface area (Å²) in [6.07, 6.45) is 54.0. The first kappa shape index (κ1) is 61.2. The van der Waals surface area contributed by atoms with Crippen molar-refractivity contribution in [3.63, 3.8) is 0 Å². The summed E-state index contributed by atoms with van der Waals surface area (Å²) in [5, 5.41) is 13.9. The van der Waals surface area contributed by atoms with Crippen LogP contribution < -0.4 is 10.2 Å². The Morgan fingerprint density at radius 3 is 1.26 bits per heavy atom. The Hall–Kier alpha value is -0.760. The number of allylic oxidation sites excluding steroid dienone is 2. The van der Waals surface area contributed by atoms with Gasteiger partial charge in [0.05, 0.1) is 39.9 Å². The molecule has 0 heterocycles. The molecule has 2 N–H and O–H groups in total. The number of rotatable bonds is 50. The third-order valence-electron chi connectivity index (χ3n) is 12.5. The third-order valence-corrected chi connectivity index (χ3v) is 13.5. The molecule has 370 valence electrons. The largest absolute Gasteiger partial charge is 0.756 e. The number of amides is 1. The molecule has 0 rings (SSSR count). The fraction of sp³-hybridized carbons (Fsp3) is 0.943. The van der Waals surface area contributed by atoms with Crippen molar-refractivity contribution in [2.75, 3.05) is 40.9 Å². The molecule has 62 heavy (non-hydrogen) atoms. The van der Waals surface area contributed by atoms with Gasteiger partial charge in [0.1, 0.15) is 13.2 Å². The van der Waals surface area contributed by atoms with E-state index in [0.29, 0.717) is 23.9 Å². The molecule has 0 radical (unpaired) electrons. The second-order valence-corrected chi connectivity index (χ2v) is 21.4. The Morgan fingerprint density at radius 2 is 0.887 bits per heavy atom. The highest BCUT2D eigenvalue weighted by atomic mass is 31.2. The molecule has 3 unspecified atom stereocenters. The van der Waals surface area contributed by atoms with Crippen molar-refractivity contribution in [1.82, 2.24) is 5.32 Å². The van der Waals surface area contributed by atoms with E-state index in [0.717, 1.165) is 38.5 Å². The zero-order valence-corrected chi connectivity index (χ0v) is 43.0. The Bertz CT molecular complexity index is 1020. The van der Waals surface area contributed by atoms with E-state index in [1.807, 2.05) is 21.1 Å². The molecule has 3 atom stereocenters. The lowest BCUT2D eigenvalue weighted by molar-refractivity contribution is -0.870. The Labute approximate surface area is 386 Å². The number of phosphoric acid groups is 1. The average molecular weight is 899 g/mol. The first-order chi connectivity index (χ1) is 30.0. The minimum Gasteiger partial charge on any atom is -0.756 e. The average Bonchev–Trinajstić information content (AvgIpc) is 3.23. The Morgan fingerprint density at radius 1 is 0.548 bits per heavy atom. The topological polar surface area (TPSA) is 108 Å². The molecular weight excluding hydrogens is 792 g/mol. The summed E-state index contributed by atoms with van der Waals surface area (Å²) < 4.78 is 23.3. The van der Waals surface area contributed by atoms with E-state index in [2.05, 4.69) is 31.3 Å². The molecular formula is C53H107N2O6P. The highest BCUT2D eigenvalue weighted by Gasteiger charge is 2.24. The van der Waals surface area contributed by atoms with Crippen molar-refractivity contribution in [1.29, 1.82) is 0 Å². The zero-order chi connectivity index (χ0) is 45.7. The van der Waals surface area contributed by atoms with Gasteiger partial charge in [-0.3, -0.25) is 9.36 Å². The summed E-state index contributed by atoms with van der Waals surface area (Å²) in [4.78, 5) is 25.4. The number of carbonyl (C=O) groups excluding carboxylic acids is 1. The number of likely N-dealkylation sites (N-methyl/N-ethyl adjacent to an activating group) is 1. The second-order valence-electron chi connectivity index (χ2n) is 19.9. The zero-order valence-electron chi connectivity index (χ0n) is 42.1. The molecule has 0 aliphatic carbocycles. The lowest BCUT2D eigenvalue weighted by Gasteiger charge is -2.30. The molecule has 0 aromatic heterocycles. The van der Waals surface area contributed by atoms with Gasteiger partial charge in [0.25, 0.3) is 7.82 Å². The van der Waals surface area contributed by atoms with Crippen LogP contribution in [0.5, 0.6) is 0 Å². The van der Waals surface area contributed by atoms with E-state index < -0.39 is 20.0 Å². The number of quaternary nitrogens is 1. The molecule has 0 aliphatic rings. The molecule has 0 aromatic carbocycles. The van der Waals surface area contributed by atoms with Crippen LogP contribution in [0.15, 0.2) is 12.2 Å². The monoisotopic (exact) mass is 899 g/mol. The first-order valence-electron chi connectivity index (χ1n) is 27.0. The fourth-order valence-electron chi connectivity index (χ4n) is 8.21. The summed E-state index contributed by atoms with van der Waals surface area (Å²) in [5.41, 5.74) is 0. The van der Waals surface area contributed by atoms with Crippen LogP contribution in [-0.2, 0) is 18.4 Å². The molecule has 1 amide bonds. The lowest BCUT2D eigenvalue weighted by atomic mass is 10.0. The minimum atomic E-state index is -4.56. The SMILES string of the molecule is CCCCCCCCCCCCCC/C=C\CCCCCCCCCCCCCCCCC(=O)NC(COP(=O)([O-])OCC[N+](C)(C)C)C(O)CCCCCCCCCCCC. The number of aliphatic hydroxyl groups is 1. The molecule has 0 saturated carbocycles. The molecule has 0 saturated heterocycles. The minimum absolute atomic E-state index is 0.0145. The summed E-state index contributed by atoms with van der Waals surface area (Å²) >= 11 is 0. The number of hydrogen-bond acceptors (Lipinski definition) is 6. The van der Waals surface area contributed by atoms with E-state index in [1.54, 1.807) is 0 Å². The predicted octanol–water partition coefficient (Wildman–Crippen LogP) is 15.2. The fourth-order valence-corrected chi connectivity index (χ4v) is 8.94. The van der Waals surface area contributed by atoms with Crippen molar-refractivity contribution in [2.45, 2.75) is 283 Å². The van der Waals surface area contributed by atoms with Crippen molar-refractivity contribution in [3.8, 4) is 0 Å². The van der Waals surface area contributed by atoms with Crippen molar-refractivity contribution in [3.05, 3.63) is 12.2 Å². The summed E-state index contributed by atoms with van der Waals surface area (Å²) in [7, 11) is 1.31. The van der Waals surface area contributed by atoms with Crippen LogP contribution in [0, 0.1) is 0 Å². The molecule has 0 bridgehead atoms. The second kappa shape index (κ2) is 45.4. The maximum Gasteiger partial charge on any atom is 0.268 e. The molecule has 8 nitrogen and oxygen atoms in total. The van der Waals surface area contributed by atoms with Gasteiger partial charge in [-0.2, -0.15) is 0 Å². The van der Waals surface area contributed by atoms with Crippen LogP contribution in [0.2, 0.25) is 0 Å². The van der Waals surface area contributed by atoms with Crippen molar-refractivity contribution < 1.29 is 32.9 Å². The van der Waals surface area contributed by atoms with Crippen LogP contribution in [0.1, 0.15) is 271 Å². The summed E-state index contributed by atoms with van der Waals surface area (Å²) in [6.45, 7) is 4.73. The number of carbonyl (C=O) groups is 1. The highest BCUT2D eigenvalue weighted by molar-refractivity contribution is 7.45.